The van der Waals surface area contributed by atoms with Gasteiger partial charge in [0.15, 0.2) is 6.61 Å². The van der Waals surface area contributed by atoms with E-state index in [1.807, 2.05) is 17.0 Å². The van der Waals surface area contributed by atoms with Crippen LogP contribution in [0.5, 0.6) is 5.75 Å². The lowest BCUT2D eigenvalue weighted by atomic mass is 9.91. The molecule has 1 aliphatic rings. The van der Waals surface area contributed by atoms with Crippen molar-refractivity contribution in [1.82, 2.24) is 9.88 Å². The lowest BCUT2D eigenvalue weighted by Gasteiger charge is -2.33. The van der Waals surface area contributed by atoms with E-state index in [9.17, 15) is 9.59 Å². The van der Waals surface area contributed by atoms with Gasteiger partial charge >= 0.3 is 5.97 Å². The fraction of sp³-hybridized carbons (Fsp3) is 0.316. The van der Waals surface area contributed by atoms with Crippen LogP contribution in [-0.4, -0.2) is 46.6 Å². The van der Waals surface area contributed by atoms with Crippen LogP contribution in [0.4, 0.5) is 0 Å². The van der Waals surface area contributed by atoms with Crippen molar-refractivity contribution in [2.24, 2.45) is 0 Å². The molecule has 2 aromatic rings. The number of carboxylic acids is 1. The Morgan fingerprint density at radius 1 is 1.16 bits per heavy atom. The van der Waals surface area contributed by atoms with E-state index < -0.39 is 12.6 Å². The van der Waals surface area contributed by atoms with Gasteiger partial charge in [-0.3, -0.25) is 9.78 Å². The van der Waals surface area contributed by atoms with E-state index in [1.165, 1.54) is 5.56 Å². The monoisotopic (exact) mass is 340 g/mol. The van der Waals surface area contributed by atoms with E-state index >= 15 is 0 Å². The molecule has 1 unspecified atom stereocenters. The summed E-state index contributed by atoms with van der Waals surface area (Å²) in [5, 5.41) is 8.62. The van der Waals surface area contributed by atoms with Gasteiger partial charge in [-0.25, -0.2) is 4.79 Å². The third kappa shape index (κ3) is 4.35. The van der Waals surface area contributed by atoms with Gasteiger partial charge < -0.3 is 14.7 Å². The standard InChI is InChI=1S/C19H20N2O4/c22-18(23)13-25-17-5-3-15(4-6-17)19(24)21-11-1-2-16(12-21)14-7-9-20-10-8-14/h3-10,16H,1-2,11-13H2,(H,22,23). The Morgan fingerprint density at radius 2 is 1.88 bits per heavy atom. The first-order valence-electron chi connectivity index (χ1n) is 8.27. The number of carbonyl (C=O) groups excluding carboxylic acids is 1. The molecule has 1 aromatic carbocycles. The Labute approximate surface area is 146 Å². The van der Waals surface area contributed by atoms with E-state index in [4.69, 9.17) is 9.84 Å². The molecule has 1 amide bonds. The van der Waals surface area contributed by atoms with Gasteiger partial charge in [-0.2, -0.15) is 0 Å². The maximum Gasteiger partial charge on any atom is 0.341 e. The molecule has 1 atom stereocenters. The van der Waals surface area contributed by atoms with E-state index in [-0.39, 0.29) is 5.91 Å². The summed E-state index contributed by atoms with van der Waals surface area (Å²) in [4.78, 5) is 29.2. The van der Waals surface area contributed by atoms with Crippen molar-refractivity contribution in [3.05, 3.63) is 59.9 Å². The smallest absolute Gasteiger partial charge is 0.341 e. The fourth-order valence-corrected chi connectivity index (χ4v) is 3.09. The minimum Gasteiger partial charge on any atom is -0.482 e. The predicted octanol–water partition coefficient (Wildman–Crippen LogP) is 2.56. The lowest BCUT2D eigenvalue weighted by molar-refractivity contribution is -0.139. The van der Waals surface area contributed by atoms with Gasteiger partial charge in [0.1, 0.15) is 5.75 Å². The van der Waals surface area contributed by atoms with Crippen molar-refractivity contribution in [3.8, 4) is 5.75 Å². The number of aromatic nitrogens is 1. The Kier molecular flexibility index (Phi) is 5.28. The van der Waals surface area contributed by atoms with Gasteiger partial charge in [-0.15, -0.1) is 0 Å². The highest BCUT2D eigenvalue weighted by molar-refractivity contribution is 5.94. The number of nitrogens with zero attached hydrogens (tertiary/aromatic N) is 2. The first kappa shape index (κ1) is 17.0. The second kappa shape index (κ2) is 7.79. The minimum atomic E-state index is -1.03. The highest BCUT2D eigenvalue weighted by Crippen LogP contribution is 2.27. The van der Waals surface area contributed by atoms with Crippen LogP contribution in [-0.2, 0) is 4.79 Å². The SMILES string of the molecule is O=C(O)COc1ccc(C(=O)N2CCCC(c3ccncc3)C2)cc1. The van der Waals surface area contributed by atoms with Crippen LogP contribution >= 0.6 is 0 Å². The Hall–Kier alpha value is -2.89. The van der Waals surface area contributed by atoms with Crippen LogP contribution in [0.2, 0.25) is 0 Å². The van der Waals surface area contributed by atoms with Gasteiger partial charge in [0.2, 0.25) is 0 Å². The largest absolute Gasteiger partial charge is 0.482 e. The molecule has 3 rings (SSSR count). The molecule has 1 N–H and O–H groups in total. The van der Waals surface area contributed by atoms with Crippen molar-refractivity contribution >= 4 is 11.9 Å². The fourth-order valence-electron chi connectivity index (χ4n) is 3.09. The van der Waals surface area contributed by atoms with Crippen LogP contribution in [0, 0.1) is 0 Å². The number of ether oxygens (including phenoxy) is 1. The second-order valence-electron chi connectivity index (χ2n) is 6.08. The second-order valence-corrected chi connectivity index (χ2v) is 6.08. The molecule has 0 aliphatic carbocycles. The summed E-state index contributed by atoms with van der Waals surface area (Å²) in [6.07, 6.45) is 5.60. The van der Waals surface area contributed by atoms with Crippen LogP contribution in [0.1, 0.15) is 34.7 Å². The number of carbonyl (C=O) groups is 2. The van der Waals surface area contributed by atoms with Crippen molar-refractivity contribution in [2.45, 2.75) is 18.8 Å². The molecular weight excluding hydrogens is 320 g/mol. The molecule has 0 radical (unpaired) electrons. The maximum atomic E-state index is 12.7. The van der Waals surface area contributed by atoms with Gasteiger partial charge in [0, 0.05) is 37.0 Å². The molecule has 6 nitrogen and oxygen atoms in total. The molecule has 1 aliphatic heterocycles. The number of likely N-dealkylation sites (tertiary alicyclic amines) is 1. The molecule has 1 fully saturated rings. The first-order valence-corrected chi connectivity index (χ1v) is 8.27. The summed E-state index contributed by atoms with van der Waals surface area (Å²) < 4.78 is 5.09. The molecule has 0 saturated carbocycles. The van der Waals surface area contributed by atoms with Crippen molar-refractivity contribution in [1.29, 1.82) is 0 Å². The summed E-state index contributed by atoms with van der Waals surface area (Å²) in [5.74, 6) is -0.273. The summed E-state index contributed by atoms with van der Waals surface area (Å²) >= 11 is 0. The van der Waals surface area contributed by atoms with Gasteiger partial charge in [0.25, 0.3) is 5.91 Å². The molecular formula is C19H20N2O4. The van der Waals surface area contributed by atoms with Crippen LogP contribution in [0.15, 0.2) is 48.8 Å². The summed E-state index contributed by atoms with van der Waals surface area (Å²) in [7, 11) is 0. The summed E-state index contributed by atoms with van der Waals surface area (Å²) in [6, 6.07) is 10.6. The molecule has 1 saturated heterocycles. The van der Waals surface area contributed by atoms with Gasteiger partial charge in [0.05, 0.1) is 0 Å². The number of benzene rings is 1. The third-order valence-corrected chi connectivity index (χ3v) is 4.35. The van der Waals surface area contributed by atoms with E-state index in [1.54, 1.807) is 36.7 Å². The highest BCUT2D eigenvalue weighted by Gasteiger charge is 2.25. The molecule has 6 heteroatoms. The number of hydrogen-bond acceptors (Lipinski definition) is 4. The van der Waals surface area contributed by atoms with Gasteiger partial charge in [-0.1, -0.05) is 0 Å². The lowest BCUT2D eigenvalue weighted by Crippen LogP contribution is -2.39. The molecule has 2 heterocycles. The van der Waals surface area contributed by atoms with Crippen LogP contribution < -0.4 is 4.74 Å². The van der Waals surface area contributed by atoms with Crippen LogP contribution in [0.25, 0.3) is 0 Å². The van der Waals surface area contributed by atoms with Gasteiger partial charge in [-0.05, 0) is 54.8 Å². The number of hydrogen-bond donors (Lipinski definition) is 1. The topological polar surface area (TPSA) is 79.7 Å². The molecule has 1 aromatic heterocycles. The Bertz CT molecular complexity index is 731. The molecule has 25 heavy (non-hydrogen) atoms. The summed E-state index contributed by atoms with van der Waals surface area (Å²) in [6.45, 7) is 1.05. The zero-order chi connectivity index (χ0) is 17.6. The highest BCUT2D eigenvalue weighted by atomic mass is 16.5. The molecule has 130 valence electrons. The predicted molar refractivity (Wildman–Crippen MR) is 91.7 cm³/mol. The van der Waals surface area contributed by atoms with E-state index in [0.29, 0.717) is 23.8 Å². The molecule has 0 bridgehead atoms. The zero-order valence-electron chi connectivity index (χ0n) is 13.8. The first-order chi connectivity index (χ1) is 12.1. The number of rotatable bonds is 5. The number of aliphatic carboxylic acids is 1. The number of piperidine rings is 1. The third-order valence-electron chi connectivity index (χ3n) is 4.35. The zero-order valence-corrected chi connectivity index (χ0v) is 13.8. The van der Waals surface area contributed by atoms with Crippen LogP contribution in [0.3, 0.4) is 0 Å². The van der Waals surface area contributed by atoms with E-state index in [2.05, 4.69) is 4.98 Å². The van der Waals surface area contributed by atoms with Crippen molar-refractivity contribution in [2.75, 3.05) is 19.7 Å². The van der Waals surface area contributed by atoms with Crippen molar-refractivity contribution < 1.29 is 19.4 Å². The number of carboxylic acid groups (broad SMARTS) is 1. The Morgan fingerprint density at radius 3 is 2.56 bits per heavy atom. The van der Waals surface area contributed by atoms with E-state index in [0.717, 1.165) is 19.4 Å². The summed E-state index contributed by atoms with van der Waals surface area (Å²) in [5.41, 5.74) is 1.79. The normalized spacial score (nSPS) is 17.1. The average Bonchev–Trinajstić information content (AvgIpc) is 2.67. The maximum absolute atomic E-state index is 12.7. The minimum absolute atomic E-state index is 0.0106. The quantitative estimate of drug-likeness (QED) is 0.905. The number of amides is 1. The average molecular weight is 340 g/mol. The van der Waals surface area contributed by atoms with Crippen molar-refractivity contribution in [3.63, 3.8) is 0 Å². The number of pyridine rings is 1. The molecule has 0 spiro atoms. The Balaban J connectivity index is 1.65.